The molecule has 1 aliphatic rings. The Balaban J connectivity index is 1.87. The molecule has 0 aromatic heterocycles. The van der Waals surface area contributed by atoms with Gasteiger partial charge < -0.3 is 19.9 Å². The SMILES string of the molecule is CN=C(NCCC(C)C)N1CCN(c2cccc(OC)c2)CC1. The minimum atomic E-state index is 0.713. The summed E-state index contributed by atoms with van der Waals surface area (Å²) >= 11 is 0. The van der Waals surface area contributed by atoms with Crippen LogP contribution in [0.25, 0.3) is 0 Å². The van der Waals surface area contributed by atoms with Crippen molar-refractivity contribution in [2.24, 2.45) is 10.9 Å². The largest absolute Gasteiger partial charge is 0.497 e. The fourth-order valence-electron chi connectivity index (χ4n) is 2.79. The molecule has 23 heavy (non-hydrogen) atoms. The van der Waals surface area contributed by atoms with Gasteiger partial charge in [0.2, 0.25) is 0 Å². The van der Waals surface area contributed by atoms with Gasteiger partial charge in [-0.1, -0.05) is 19.9 Å². The van der Waals surface area contributed by atoms with Gasteiger partial charge in [-0.05, 0) is 24.5 Å². The number of guanidine groups is 1. The van der Waals surface area contributed by atoms with Gasteiger partial charge in [-0.2, -0.15) is 0 Å². The third kappa shape index (κ3) is 5.05. The number of hydrogen-bond acceptors (Lipinski definition) is 3. The lowest BCUT2D eigenvalue weighted by molar-refractivity contribution is 0.370. The molecule has 128 valence electrons. The van der Waals surface area contributed by atoms with E-state index in [2.05, 4.69) is 46.1 Å². The van der Waals surface area contributed by atoms with Crippen LogP contribution in [0.5, 0.6) is 5.75 Å². The maximum atomic E-state index is 5.32. The van der Waals surface area contributed by atoms with Crippen LogP contribution in [0.2, 0.25) is 0 Å². The molecule has 5 nitrogen and oxygen atoms in total. The highest BCUT2D eigenvalue weighted by Gasteiger charge is 2.19. The van der Waals surface area contributed by atoms with E-state index in [9.17, 15) is 0 Å². The first-order valence-corrected chi connectivity index (χ1v) is 8.48. The van der Waals surface area contributed by atoms with E-state index >= 15 is 0 Å². The summed E-state index contributed by atoms with van der Waals surface area (Å²) in [5.74, 6) is 2.65. The van der Waals surface area contributed by atoms with Gasteiger partial charge in [0.05, 0.1) is 7.11 Å². The second kappa shape index (κ2) is 8.65. The van der Waals surface area contributed by atoms with Crippen molar-refractivity contribution >= 4 is 11.6 Å². The molecule has 0 bridgehead atoms. The number of nitrogens with zero attached hydrogens (tertiary/aromatic N) is 3. The zero-order valence-corrected chi connectivity index (χ0v) is 14.9. The predicted octanol–water partition coefficient (Wildman–Crippen LogP) is 2.44. The van der Waals surface area contributed by atoms with Crippen molar-refractivity contribution in [2.75, 3.05) is 51.8 Å². The van der Waals surface area contributed by atoms with Crippen LogP contribution >= 0.6 is 0 Å². The average molecular weight is 318 g/mol. The molecular weight excluding hydrogens is 288 g/mol. The van der Waals surface area contributed by atoms with Crippen molar-refractivity contribution in [3.63, 3.8) is 0 Å². The molecule has 1 N–H and O–H groups in total. The lowest BCUT2D eigenvalue weighted by atomic mass is 10.1. The second-order valence-corrected chi connectivity index (χ2v) is 6.33. The van der Waals surface area contributed by atoms with E-state index in [1.807, 2.05) is 19.2 Å². The Kier molecular flexibility index (Phi) is 6.56. The van der Waals surface area contributed by atoms with E-state index in [0.717, 1.165) is 44.4 Å². The smallest absolute Gasteiger partial charge is 0.193 e. The maximum absolute atomic E-state index is 5.32. The normalized spacial score (nSPS) is 16.0. The molecular formula is C18H30N4O. The topological polar surface area (TPSA) is 40.1 Å². The van der Waals surface area contributed by atoms with E-state index in [4.69, 9.17) is 4.74 Å². The molecule has 1 saturated heterocycles. The lowest BCUT2D eigenvalue weighted by Gasteiger charge is -2.37. The average Bonchev–Trinajstić information content (AvgIpc) is 2.59. The predicted molar refractivity (Wildman–Crippen MR) is 97.6 cm³/mol. The highest BCUT2D eigenvalue weighted by atomic mass is 16.5. The molecule has 0 atom stereocenters. The monoisotopic (exact) mass is 318 g/mol. The summed E-state index contributed by atoms with van der Waals surface area (Å²) in [5, 5.41) is 3.48. The summed E-state index contributed by atoms with van der Waals surface area (Å²) in [6, 6.07) is 8.28. The van der Waals surface area contributed by atoms with Crippen LogP contribution in [0.4, 0.5) is 5.69 Å². The zero-order chi connectivity index (χ0) is 16.7. The molecule has 0 saturated carbocycles. The first-order chi connectivity index (χ1) is 11.1. The Hall–Kier alpha value is -1.91. The van der Waals surface area contributed by atoms with Gasteiger partial charge >= 0.3 is 0 Å². The van der Waals surface area contributed by atoms with Gasteiger partial charge in [-0.15, -0.1) is 0 Å². The van der Waals surface area contributed by atoms with Crippen LogP contribution in [0.15, 0.2) is 29.3 Å². The van der Waals surface area contributed by atoms with Crippen molar-refractivity contribution < 1.29 is 4.74 Å². The Morgan fingerprint density at radius 1 is 1.26 bits per heavy atom. The molecule has 0 unspecified atom stereocenters. The summed E-state index contributed by atoms with van der Waals surface area (Å²) in [6.45, 7) is 9.45. The number of ether oxygens (including phenoxy) is 1. The minimum Gasteiger partial charge on any atom is -0.497 e. The molecule has 0 spiro atoms. The molecule has 5 heteroatoms. The minimum absolute atomic E-state index is 0.713. The highest BCUT2D eigenvalue weighted by Crippen LogP contribution is 2.22. The Labute approximate surface area is 140 Å². The van der Waals surface area contributed by atoms with Crippen LogP contribution in [-0.2, 0) is 0 Å². The van der Waals surface area contributed by atoms with Crippen LogP contribution < -0.4 is 15.0 Å². The van der Waals surface area contributed by atoms with Crippen molar-refractivity contribution in [3.05, 3.63) is 24.3 Å². The van der Waals surface area contributed by atoms with E-state index in [-0.39, 0.29) is 0 Å². The quantitative estimate of drug-likeness (QED) is 0.669. The summed E-state index contributed by atoms with van der Waals surface area (Å²) in [7, 11) is 3.58. The fourth-order valence-corrected chi connectivity index (χ4v) is 2.79. The van der Waals surface area contributed by atoms with Crippen LogP contribution in [0.3, 0.4) is 0 Å². The first-order valence-electron chi connectivity index (χ1n) is 8.48. The van der Waals surface area contributed by atoms with Crippen molar-refractivity contribution in [2.45, 2.75) is 20.3 Å². The molecule has 2 rings (SSSR count). The van der Waals surface area contributed by atoms with E-state index in [1.54, 1.807) is 7.11 Å². The Morgan fingerprint density at radius 3 is 2.61 bits per heavy atom. The highest BCUT2D eigenvalue weighted by molar-refractivity contribution is 5.80. The molecule has 1 heterocycles. The molecule has 1 fully saturated rings. The lowest BCUT2D eigenvalue weighted by Crippen LogP contribution is -2.52. The van der Waals surface area contributed by atoms with E-state index < -0.39 is 0 Å². The Morgan fingerprint density at radius 2 is 2.00 bits per heavy atom. The Bertz CT molecular complexity index is 507. The molecule has 1 aromatic carbocycles. The number of benzene rings is 1. The number of piperazine rings is 1. The van der Waals surface area contributed by atoms with Crippen molar-refractivity contribution in [3.8, 4) is 5.75 Å². The standard InChI is InChI=1S/C18H30N4O/c1-15(2)8-9-20-18(19-3)22-12-10-21(11-13-22)16-6-5-7-17(14-16)23-4/h5-7,14-15H,8-13H2,1-4H3,(H,19,20). The fraction of sp³-hybridized carbons (Fsp3) is 0.611. The molecule has 0 aliphatic carbocycles. The number of methoxy groups -OCH3 is 1. The molecule has 0 amide bonds. The van der Waals surface area contributed by atoms with Crippen LogP contribution in [-0.4, -0.2) is 57.7 Å². The van der Waals surface area contributed by atoms with Gasteiger partial charge in [0.15, 0.2) is 5.96 Å². The summed E-state index contributed by atoms with van der Waals surface area (Å²) in [5.41, 5.74) is 1.23. The molecule has 1 aromatic rings. The number of anilines is 1. The first kappa shape index (κ1) is 17.4. The summed E-state index contributed by atoms with van der Waals surface area (Å²) < 4.78 is 5.32. The summed E-state index contributed by atoms with van der Waals surface area (Å²) in [6.07, 6.45) is 1.17. The van der Waals surface area contributed by atoms with Crippen molar-refractivity contribution in [1.82, 2.24) is 10.2 Å². The van der Waals surface area contributed by atoms with Crippen LogP contribution in [0.1, 0.15) is 20.3 Å². The van der Waals surface area contributed by atoms with Gasteiger partial charge in [0.25, 0.3) is 0 Å². The molecule has 1 aliphatic heterocycles. The van der Waals surface area contributed by atoms with Gasteiger partial charge in [0.1, 0.15) is 5.75 Å². The third-order valence-corrected chi connectivity index (χ3v) is 4.21. The number of rotatable bonds is 5. The number of hydrogen-bond donors (Lipinski definition) is 1. The zero-order valence-electron chi connectivity index (χ0n) is 14.9. The second-order valence-electron chi connectivity index (χ2n) is 6.33. The van der Waals surface area contributed by atoms with Gasteiger partial charge in [0, 0.05) is 51.5 Å². The number of aliphatic imine (C=N–C) groups is 1. The molecule has 0 radical (unpaired) electrons. The van der Waals surface area contributed by atoms with Crippen molar-refractivity contribution in [1.29, 1.82) is 0 Å². The number of nitrogens with one attached hydrogen (secondary N) is 1. The van der Waals surface area contributed by atoms with E-state index in [0.29, 0.717) is 5.92 Å². The maximum Gasteiger partial charge on any atom is 0.193 e. The third-order valence-electron chi connectivity index (χ3n) is 4.21. The summed E-state index contributed by atoms with van der Waals surface area (Å²) in [4.78, 5) is 9.17. The van der Waals surface area contributed by atoms with Gasteiger partial charge in [-0.25, -0.2) is 0 Å². The van der Waals surface area contributed by atoms with Gasteiger partial charge in [-0.3, -0.25) is 4.99 Å². The van der Waals surface area contributed by atoms with E-state index in [1.165, 1.54) is 12.1 Å². The van der Waals surface area contributed by atoms with Crippen LogP contribution in [0, 0.1) is 5.92 Å².